The van der Waals surface area contributed by atoms with Crippen LogP contribution < -0.4 is 4.72 Å². The van der Waals surface area contributed by atoms with E-state index in [0.29, 0.717) is 4.90 Å². The molecule has 6 heteroatoms. The minimum Gasteiger partial charge on any atom is -0.240 e. The zero-order valence-electron chi connectivity index (χ0n) is 16.9. The average Bonchev–Trinajstić information content (AvgIpc) is 3.18. The number of benzene rings is 3. The second-order valence-electron chi connectivity index (χ2n) is 7.24. The number of nitrogens with one attached hydrogen (secondary N) is 1. The van der Waals surface area contributed by atoms with E-state index in [1.807, 2.05) is 92.8 Å². The Balaban J connectivity index is 1.68. The molecule has 4 rings (SSSR count). The monoisotopic (exact) mass is 417 g/mol. The van der Waals surface area contributed by atoms with Gasteiger partial charge >= 0.3 is 0 Å². The van der Waals surface area contributed by atoms with Crippen LogP contribution in [0.4, 0.5) is 0 Å². The predicted octanol–water partition coefficient (Wildman–Crippen LogP) is 4.63. The van der Waals surface area contributed by atoms with E-state index in [-0.39, 0.29) is 6.54 Å². The van der Waals surface area contributed by atoms with Crippen LogP contribution in [0.15, 0.2) is 90.0 Å². The van der Waals surface area contributed by atoms with Crippen molar-refractivity contribution in [2.45, 2.75) is 25.3 Å². The van der Waals surface area contributed by atoms with Gasteiger partial charge in [0.2, 0.25) is 10.0 Å². The van der Waals surface area contributed by atoms with Crippen molar-refractivity contribution >= 4 is 10.0 Å². The highest BCUT2D eigenvalue weighted by atomic mass is 32.2. The van der Waals surface area contributed by atoms with Crippen LogP contribution in [0.25, 0.3) is 16.9 Å². The summed E-state index contributed by atoms with van der Waals surface area (Å²) in [4.78, 5) is 0.296. The quantitative estimate of drug-likeness (QED) is 0.497. The smallest absolute Gasteiger partial charge is 0.240 e. The highest BCUT2D eigenvalue weighted by molar-refractivity contribution is 7.89. The molecular formula is C24H23N3O2S. The van der Waals surface area contributed by atoms with Crippen LogP contribution in [0.3, 0.4) is 0 Å². The number of sulfonamides is 1. The van der Waals surface area contributed by atoms with Gasteiger partial charge in [0, 0.05) is 23.9 Å². The van der Waals surface area contributed by atoms with Crippen LogP contribution in [0.1, 0.15) is 16.7 Å². The van der Waals surface area contributed by atoms with E-state index in [9.17, 15) is 8.42 Å². The van der Waals surface area contributed by atoms with Gasteiger partial charge in [-0.3, -0.25) is 0 Å². The van der Waals surface area contributed by atoms with Crippen molar-refractivity contribution < 1.29 is 8.42 Å². The molecule has 0 atom stereocenters. The highest BCUT2D eigenvalue weighted by Gasteiger charge is 2.19. The fraction of sp³-hybridized carbons (Fsp3) is 0.125. The maximum atomic E-state index is 12.9. The summed E-state index contributed by atoms with van der Waals surface area (Å²) in [7, 11) is -3.65. The molecule has 0 aliphatic heterocycles. The molecule has 3 aromatic carbocycles. The van der Waals surface area contributed by atoms with Gasteiger partial charge in [-0.25, -0.2) is 17.8 Å². The second kappa shape index (κ2) is 8.26. The van der Waals surface area contributed by atoms with Gasteiger partial charge in [0.25, 0.3) is 0 Å². The summed E-state index contributed by atoms with van der Waals surface area (Å²) in [6, 6.07) is 24.9. The first-order valence-electron chi connectivity index (χ1n) is 9.70. The SMILES string of the molecule is Cc1ccc(S(=O)(=O)NCc2cn(-c3ccccc3)nc2-c2ccccc2)c(C)c1. The molecule has 0 bridgehead atoms. The van der Waals surface area contributed by atoms with Gasteiger partial charge in [-0.2, -0.15) is 5.10 Å². The number of nitrogens with zero attached hydrogens (tertiary/aromatic N) is 2. The number of hydrogen-bond acceptors (Lipinski definition) is 3. The van der Waals surface area contributed by atoms with Gasteiger partial charge in [0.05, 0.1) is 16.3 Å². The summed E-state index contributed by atoms with van der Waals surface area (Å²) in [5.74, 6) is 0. The lowest BCUT2D eigenvalue weighted by Crippen LogP contribution is -2.24. The number of para-hydroxylation sites is 1. The lowest BCUT2D eigenvalue weighted by atomic mass is 10.1. The standard InChI is InChI=1S/C24H23N3O2S/c1-18-13-14-23(19(2)15-18)30(28,29)25-16-21-17-27(22-11-7-4-8-12-22)26-24(21)20-9-5-3-6-10-20/h3-15,17,25H,16H2,1-2H3. The minimum absolute atomic E-state index is 0.146. The molecule has 0 unspecified atom stereocenters. The van der Waals surface area contributed by atoms with Gasteiger partial charge in [0.15, 0.2) is 0 Å². The summed E-state index contributed by atoms with van der Waals surface area (Å²) in [6.07, 6.45) is 1.88. The molecule has 0 fully saturated rings. The Hall–Kier alpha value is -3.22. The molecule has 152 valence electrons. The lowest BCUT2D eigenvalue weighted by Gasteiger charge is -2.10. The Morgan fingerprint density at radius 2 is 1.57 bits per heavy atom. The zero-order valence-corrected chi connectivity index (χ0v) is 17.7. The lowest BCUT2D eigenvalue weighted by molar-refractivity contribution is 0.580. The summed E-state index contributed by atoms with van der Waals surface area (Å²) < 4.78 is 30.4. The third-order valence-corrected chi connectivity index (χ3v) is 6.49. The summed E-state index contributed by atoms with van der Waals surface area (Å²) in [6.45, 7) is 3.90. The Labute approximate surface area is 177 Å². The van der Waals surface area contributed by atoms with Crippen LogP contribution >= 0.6 is 0 Å². The largest absolute Gasteiger partial charge is 0.241 e. The number of aromatic nitrogens is 2. The Kier molecular flexibility index (Phi) is 5.53. The van der Waals surface area contributed by atoms with E-state index in [4.69, 9.17) is 5.10 Å². The van der Waals surface area contributed by atoms with Crippen LogP contribution in [0, 0.1) is 13.8 Å². The highest BCUT2D eigenvalue weighted by Crippen LogP contribution is 2.24. The zero-order chi connectivity index (χ0) is 21.1. The van der Waals surface area contributed by atoms with Crippen molar-refractivity contribution in [3.8, 4) is 16.9 Å². The van der Waals surface area contributed by atoms with E-state index in [1.165, 1.54) is 0 Å². The van der Waals surface area contributed by atoms with E-state index < -0.39 is 10.0 Å². The fourth-order valence-corrected chi connectivity index (χ4v) is 4.67. The van der Waals surface area contributed by atoms with Crippen LogP contribution in [-0.4, -0.2) is 18.2 Å². The van der Waals surface area contributed by atoms with Crippen LogP contribution in [0.2, 0.25) is 0 Å². The normalized spacial score (nSPS) is 11.5. The van der Waals surface area contributed by atoms with E-state index in [2.05, 4.69) is 4.72 Å². The van der Waals surface area contributed by atoms with Crippen molar-refractivity contribution in [1.82, 2.24) is 14.5 Å². The first-order valence-corrected chi connectivity index (χ1v) is 11.2. The molecule has 0 aliphatic rings. The van der Waals surface area contributed by atoms with Crippen molar-refractivity contribution in [3.63, 3.8) is 0 Å². The molecule has 4 aromatic rings. The topological polar surface area (TPSA) is 64.0 Å². The molecule has 1 N–H and O–H groups in total. The maximum Gasteiger partial charge on any atom is 0.241 e. The molecule has 0 amide bonds. The van der Waals surface area contributed by atoms with Crippen molar-refractivity contribution in [3.05, 3.63) is 102 Å². The Bertz CT molecular complexity index is 1260. The Morgan fingerprint density at radius 1 is 0.900 bits per heavy atom. The average molecular weight is 418 g/mol. The van der Waals surface area contributed by atoms with Crippen molar-refractivity contribution in [2.75, 3.05) is 0 Å². The third-order valence-electron chi connectivity index (χ3n) is 4.93. The van der Waals surface area contributed by atoms with Crippen LogP contribution in [-0.2, 0) is 16.6 Å². The van der Waals surface area contributed by atoms with Gasteiger partial charge in [-0.15, -0.1) is 0 Å². The number of rotatable bonds is 6. The Morgan fingerprint density at radius 3 is 2.23 bits per heavy atom. The number of hydrogen-bond donors (Lipinski definition) is 1. The van der Waals surface area contributed by atoms with E-state index in [1.54, 1.807) is 10.7 Å². The predicted molar refractivity (Wildman–Crippen MR) is 119 cm³/mol. The molecule has 0 spiro atoms. The minimum atomic E-state index is -3.65. The van der Waals surface area contributed by atoms with Crippen molar-refractivity contribution in [2.24, 2.45) is 0 Å². The summed E-state index contributed by atoms with van der Waals surface area (Å²) in [5, 5.41) is 4.74. The fourth-order valence-electron chi connectivity index (χ4n) is 3.44. The van der Waals surface area contributed by atoms with Crippen LogP contribution in [0.5, 0.6) is 0 Å². The molecule has 0 saturated carbocycles. The molecule has 1 heterocycles. The van der Waals surface area contributed by atoms with E-state index >= 15 is 0 Å². The van der Waals surface area contributed by atoms with Crippen molar-refractivity contribution in [1.29, 1.82) is 0 Å². The molecule has 1 aromatic heterocycles. The van der Waals surface area contributed by atoms with Gasteiger partial charge in [-0.05, 0) is 37.6 Å². The second-order valence-corrected chi connectivity index (χ2v) is 8.98. The van der Waals surface area contributed by atoms with Gasteiger partial charge in [0.1, 0.15) is 0 Å². The maximum absolute atomic E-state index is 12.9. The molecule has 0 saturated heterocycles. The number of aryl methyl sites for hydroxylation is 2. The van der Waals surface area contributed by atoms with Gasteiger partial charge < -0.3 is 0 Å². The molecule has 0 radical (unpaired) electrons. The molecule has 30 heavy (non-hydrogen) atoms. The molecule has 0 aliphatic carbocycles. The molecular weight excluding hydrogens is 394 g/mol. The first kappa shape index (κ1) is 20.1. The first-order chi connectivity index (χ1) is 14.4. The molecule has 5 nitrogen and oxygen atoms in total. The van der Waals surface area contributed by atoms with E-state index in [0.717, 1.165) is 33.6 Å². The summed E-state index contributed by atoms with van der Waals surface area (Å²) >= 11 is 0. The third kappa shape index (κ3) is 4.20. The van der Waals surface area contributed by atoms with Gasteiger partial charge in [-0.1, -0.05) is 66.2 Å². The summed E-state index contributed by atoms with van der Waals surface area (Å²) in [5.41, 5.74) is 5.17.